The topological polar surface area (TPSA) is 77.2 Å². The number of aromatic nitrogens is 4. The maximum Gasteiger partial charge on any atom is 0.265 e. The molecular formula is C26H32N6O. The maximum absolute atomic E-state index is 5.88. The summed E-state index contributed by atoms with van der Waals surface area (Å²) in [6.07, 6.45) is 8.63. The van der Waals surface area contributed by atoms with Gasteiger partial charge in [-0.1, -0.05) is 69.9 Å². The molecule has 0 unspecified atom stereocenters. The minimum atomic E-state index is 0.376. The van der Waals surface area contributed by atoms with E-state index in [0.717, 1.165) is 59.2 Å². The third-order valence-electron chi connectivity index (χ3n) is 5.65. The number of ether oxygens (including phenoxy) is 1. The van der Waals surface area contributed by atoms with Crippen LogP contribution < -0.4 is 10.2 Å². The van der Waals surface area contributed by atoms with Crippen molar-refractivity contribution in [3.8, 4) is 5.75 Å². The number of anilines is 1. The van der Waals surface area contributed by atoms with Crippen molar-refractivity contribution in [1.82, 2.24) is 19.7 Å². The third kappa shape index (κ3) is 5.48. The first-order chi connectivity index (χ1) is 16.3. The minimum absolute atomic E-state index is 0.376. The maximum atomic E-state index is 5.88. The second-order valence-corrected chi connectivity index (χ2v) is 8.15. The second kappa shape index (κ2) is 11.4. The molecule has 0 spiro atoms. The number of nitrogens with zero attached hydrogens (tertiary/aromatic N) is 5. The Morgan fingerprint density at radius 2 is 1.76 bits per heavy atom. The summed E-state index contributed by atoms with van der Waals surface area (Å²) >= 11 is 0. The molecule has 0 bridgehead atoms. The van der Waals surface area contributed by atoms with Gasteiger partial charge in [0.25, 0.3) is 5.95 Å². The number of hydrogen-bond acceptors (Lipinski definition) is 6. The van der Waals surface area contributed by atoms with E-state index in [-0.39, 0.29) is 0 Å². The number of rotatable bonds is 12. The zero-order chi connectivity index (χ0) is 22.9. The minimum Gasteiger partial charge on any atom is -0.493 e. The van der Waals surface area contributed by atoms with Crippen molar-refractivity contribution >= 4 is 34.2 Å². The van der Waals surface area contributed by atoms with E-state index < -0.39 is 0 Å². The van der Waals surface area contributed by atoms with Crippen LogP contribution in [0, 0.1) is 0 Å². The fourth-order valence-corrected chi connectivity index (χ4v) is 3.88. The number of aryl methyl sites for hydroxylation is 1. The van der Waals surface area contributed by atoms with Crippen LogP contribution in [-0.4, -0.2) is 32.6 Å². The van der Waals surface area contributed by atoms with Crippen molar-refractivity contribution in [2.75, 3.05) is 12.0 Å². The highest BCUT2D eigenvalue weighted by molar-refractivity contribution is 6.04. The summed E-state index contributed by atoms with van der Waals surface area (Å²) < 4.78 is 8.13. The molecule has 2 aromatic heterocycles. The van der Waals surface area contributed by atoms with Gasteiger partial charge < -0.3 is 9.30 Å². The highest BCUT2D eigenvalue weighted by atomic mass is 16.5. The summed E-state index contributed by atoms with van der Waals surface area (Å²) in [7, 11) is 0. The van der Waals surface area contributed by atoms with Crippen LogP contribution in [0.2, 0.25) is 0 Å². The predicted molar refractivity (Wildman–Crippen MR) is 135 cm³/mol. The predicted octanol–water partition coefficient (Wildman–Crippen LogP) is 6.18. The van der Waals surface area contributed by atoms with E-state index in [1.54, 1.807) is 6.21 Å². The molecule has 7 nitrogen and oxygen atoms in total. The van der Waals surface area contributed by atoms with Crippen molar-refractivity contribution in [2.45, 2.75) is 58.9 Å². The molecule has 2 heterocycles. The molecule has 0 aliphatic carbocycles. The average Bonchev–Trinajstić information content (AvgIpc) is 3.16. The standard InChI is InChI=1S/C26H32N6O/c1-3-5-7-12-17-32-22-15-10-9-14-21(22)24-25(32)28-26(31-29-24)30-27-19-20-13-8-11-16-23(20)33-18-6-4-2/h8-11,13-16,19H,3-7,12,17-18H2,1-2H3,(H,28,30,31)/b27-19+. The van der Waals surface area contributed by atoms with Crippen molar-refractivity contribution in [3.63, 3.8) is 0 Å². The first-order valence-electron chi connectivity index (χ1n) is 11.9. The normalized spacial score (nSPS) is 11.6. The monoisotopic (exact) mass is 444 g/mol. The van der Waals surface area contributed by atoms with E-state index in [1.807, 2.05) is 30.3 Å². The highest BCUT2D eigenvalue weighted by Gasteiger charge is 2.14. The molecule has 4 rings (SSSR count). The van der Waals surface area contributed by atoms with Crippen molar-refractivity contribution in [2.24, 2.45) is 5.10 Å². The number of hydrazone groups is 1. The van der Waals surface area contributed by atoms with Crippen LogP contribution in [0.5, 0.6) is 5.75 Å². The SMILES string of the molecule is CCCCCCn1c2ccccc2c2nnc(N/N=C/c3ccccc3OCCCC)nc21. The van der Waals surface area contributed by atoms with E-state index in [9.17, 15) is 0 Å². The van der Waals surface area contributed by atoms with Gasteiger partial charge in [0, 0.05) is 17.5 Å². The molecule has 33 heavy (non-hydrogen) atoms. The van der Waals surface area contributed by atoms with Crippen LogP contribution in [0.3, 0.4) is 0 Å². The fraction of sp³-hybridized carbons (Fsp3) is 0.385. The van der Waals surface area contributed by atoms with Crippen LogP contribution in [0.1, 0.15) is 57.9 Å². The van der Waals surface area contributed by atoms with Crippen molar-refractivity contribution in [1.29, 1.82) is 0 Å². The number of unbranched alkanes of at least 4 members (excludes halogenated alkanes) is 4. The largest absolute Gasteiger partial charge is 0.493 e. The Hall–Kier alpha value is -3.48. The van der Waals surface area contributed by atoms with E-state index in [4.69, 9.17) is 9.72 Å². The van der Waals surface area contributed by atoms with Gasteiger partial charge in [-0.25, -0.2) is 5.43 Å². The summed E-state index contributed by atoms with van der Waals surface area (Å²) in [5.41, 5.74) is 6.65. The van der Waals surface area contributed by atoms with Gasteiger partial charge in [-0.15, -0.1) is 10.2 Å². The Bertz CT molecular complexity index is 1220. The lowest BCUT2D eigenvalue weighted by atomic mass is 10.2. The number of fused-ring (bicyclic) bond motifs is 3. The van der Waals surface area contributed by atoms with Gasteiger partial charge in [0.1, 0.15) is 11.3 Å². The van der Waals surface area contributed by atoms with Crippen LogP contribution in [0.4, 0.5) is 5.95 Å². The lowest BCUT2D eigenvalue weighted by Gasteiger charge is -2.08. The molecule has 0 saturated carbocycles. The van der Waals surface area contributed by atoms with Crippen molar-refractivity contribution < 1.29 is 4.74 Å². The zero-order valence-corrected chi connectivity index (χ0v) is 19.5. The van der Waals surface area contributed by atoms with Gasteiger partial charge in [-0.05, 0) is 31.0 Å². The molecule has 0 amide bonds. The molecule has 0 fully saturated rings. The summed E-state index contributed by atoms with van der Waals surface area (Å²) in [5, 5.41) is 14.2. The van der Waals surface area contributed by atoms with Gasteiger partial charge in [-0.2, -0.15) is 10.1 Å². The second-order valence-electron chi connectivity index (χ2n) is 8.15. The van der Waals surface area contributed by atoms with E-state index in [1.165, 1.54) is 19.3 Å². The van der Waals surface area contributed by atoms with E-state index in [0.29, 0.717) is 12.6 Å². The van der Waals surface area contributed by atoms with E-state index >= 15 is 0 Å². The molecule has 2 aromatic carbocycles. The van der Waals surface area contributed by atoms with Crippen LogP contribution >= 0.6 is 0 Å². The number of hydrogen-bond donors (Lipinski definition) is 1. The van der Waals surface area contributed by atoms with Crippen LogP contribution in [0.15, 0.2) is 53.6 Å². The summed E-state index contributed by atoms with van der Waals surface area (Å²) in [6.45, 7) is 5.98. The molecular weight excluding hydrogens is 412 g/mol. The molecule has 1 N–H and O–H groups in total. The van der Waals surface area contributed by atoms with Crippen molar-refractivity contribution in [3.05, 3.63) is 54.1 Å². The zero-order valence-electron chi connectivity index (χ0n) is 19.5. The number of para-hydroxylation sites is 2. The molecule has 0 radical (unpaired) electrons. The molecule has 0 saturated heterocycles. The smallest absolute Gasteiger partial charge is 0.265 e. The Kier molecular flexibility index (Phi) is 7.85. The first-order valence-corrected chi connectivity index (χ1v) is 11.9. The highest BCUT2D eigenvalue weighted by Crippen LogP contribution is 2.27. The molecule has 0 atom stereocenters. The first kappa shape index (κ1) is 22.7. The van der Waals surface area contributed by atoms with E-state index in [2.05, 4.69) is 57.3 Å². The molecule has 172 valence electrons. The Morgan fingerprint density at radius 1 is 0.939 bits per heavy atom. The summed E-state index contributed by atoms with van der Waals surface area (Å²) in [6, 6.07) is 16.2. The Labute approximate surface area is 194 Å². The van der Waals surface area contributed by atoms with Crippen LogP contribution in [0.25, 0.3) is 22.1 Å². The van der Waals surface area contributed by atoms with Gasteiger partial charge >= 0.3 is 0 Å². The van der Waals surface area contributed by atoms with Gasteiger partial charge in [0.2, 0.25) is 0 Å². The lowest BCUT2D eigenvalue weighted by molar-refractivity contribution is 0.309. The lowest BCUT2D eigenvalue weighted by Crippen LogP contribution is -2.04. The summed E-state index contributed by atoms with van der Waals surface area (Å²) in [4.78, 5) is 4.76. The number of nitrogens with one attached hydrogen (secondary N) is 1. The van der Waals surface area contributed by atoms with Gasteiger partial charge in [-0.3, -0.25) is 0 Å². The molecule has 7 heteroatoms. The number of benzene rings is 2. The van der Waals surface area contributed by atoms with Crippen LogP contribution in [-0.2, 0) is 6.54 Å². The summed E-state index contributed by atoms with van der Waals surface area (Å²) in [5.74, 6) is 1.19. The average molecular weight is 445 g/mol. The molecule has 4 aromatic rings. The third-order valence-corrected chi connectivity index (χ3v) is 5.65. The fourth-order valence-electron chi connectivity index (χ4n) is 3.88. The molecule has 0 aliphatic rings. The molecule has 0 aliphatic heterocycles. The quantitative estimate of drug-likeness (QED) is 0.160. The Morgan fingerprint density at radius 3 is 2.64 bits per heavy atom. The Balaban J connectivity index is 1.55. The van der Waals surface area contributed by atoms with Gasteiger partial charge in [0.05, 0.1) is 18.3 Å². The van der Waals surface area contributed by atoms with Gasteiger partial charge in [0.15, 0.2) is 5.65 Å².